The maximum Gasteiger partial charge on any atom is 0.387 e. The zero-order valence-electron chi connectivity index (χ0n) is 22.8. The van der Waals surface area contributed by atoms with Gasteiger partial charge in [-0.3, -0.25) is 9.59 Å². The molecule has 3 aromatic rings. The number of hydrogen-bond acceptors (Lipinski definition) is 4. The molecular formula is C33H33F2N3O3. The lowest BCUT2D eigenvalue weighted by Crippen LogP contribution is -2.51. The third-order valence-corrected chi connectivity index (χ3v) is 7.74. The van der Waals surface area contributed by atoms with Gasteiger partial charge in [0.2, 0.25) is 0 Å². The van der Waals surface area contributed by atoms with E-state index in [9.17, 15) is 18.4 Å². The minimum atomic E-state index is -2.98. The van der Waals surface area contributed by atoms with Crippen LogP contribution in [-0.4, -0.2) is 66.5 Å². The molecule has 0 unspecified atom stereocenters. The van der Waals surface area contributed by atoms with E-state index in [1.165, 1.54) is 12.1 Å². The van der Waals surface area contributed by atoms with Gasteiger partial charge in [0.05, 0.1) is 5.56 Å². The first-order valence-electron chi connectivity index (χ1n) is 14.0. The van der Waals surface area contributed by atoms with Crippen molar-refractivity contribution in [2.45, 2.75) is 44.4 Å². The predicted molar refractivity (Wildman–Crippen MR) is 153 cm³/mol. The number of alkyl halides is 2. The highest BCUT2D eigenvalue weighted by Crippen LogP contribution is 2.26. The average molecular weight is 558 g/mol. The Kier molecular flexibility index (Phi) is 9.27. The third-order valence-electron chi connectivity index (χ3n) is 7.74. The van der Waals surface area contributed by atoms with Gasteiger partial charge in [-0.25, -0.2) is 0 Å². The quantitative estimate of drug-likeness (QED) is 0.424. The highest BCUT2D eigenvalue weighted by molar-refractivity contribution is 5.97. The Bertz CT molecular complexity index is 1390. The number of hydrogen-bond donors (Lipinski definition) is 1. The summed E-state index contributed by atoms with van der Waals surface area (Å²) < 4.78 is 30.1. The molecule has 2 aliphatic rings. The van der Waals surface area contributed by atoms with Crippen molar-refractivity contribution in [1.82, 2.24) is 15.1 Å². The lowest BCUT2D eigenvalue weighted by molar-refractivity contribution is -0.0503. The van der Waals surface area contributed by atoms with E-state index >= 15 is 0 Å². The van der Waals surface area contributed by atoms with Crippen molar-refractivity contribution >= 4 is 11.8 Å². The van der Waals surface area contributed by atoms with E-state index in [2.05, 4.69) is 26.8 Å². The topological polar surface area (TPSA) is 61.9 Å². The summed E-state index contributed by atoms with van der Waals surface area (Å²) in [4.78, 5) is 30.0. The second-order valence-corrected chi connectivity index (χ2v) is 10.4. The van der Waals surface area contributed by atoms with Gasteiger partial charge < -0.3 is 19.9 Å². The monoisotopic (exact) mass is 557 g/mol. The number of carbonyl (C=O) groups is 2. The van der Waals surface area contributed by atoms with Crippen molar-refractivity contribution in [3.05, 3.63) is 101 Å². The molecule has 0 radical (unpaired) electrons. The molecule has 0 bridgehead atoms. The molecule has 8 heteroatoms. The van der Waals surface area contributed by atoms with Gasteiger partial charge >= 0.3 is 6.61 Å². The van der Waals surface area contributed by atoms with Crippen LogP contribution < -0.4 is 10.1 Å². The van der Waals surface area contributed by atoms with Crippen molar-refractivity contribution in [3.8, 4) is 17.6 Å². The molecule has 5 rings (SSSR count). The van der Waals surface area contributed by atoms with Gasteiger partial charge in [-0.15, -0.1) is 0 Å². The molecule has 2 amide bonds. The van der Waals surface area contributed by atoms with Crippen molar-refractivity contribution in [3.63, 3.8) is 0 Å². The van der Waals surface area contributed by atoms with Crippen molar-refractivity contribution < 1.29 is 23.1 Å². The molecule has 2 aliphatic heterocycles. The van der Waals surface area contributed by atoms with Gasteiger partial charge in [0.25, 0.3) is 11.8 Å². The van der Waals surface area contributed by atoms with Crippen LogP contribution in [0.25, 0.3) is 0 Å². The fraction of sp³-hybridized carbons (Fsp3) is 0.333. The molecule has 41 heavy (non-hydrogen) atoms. The molecule has 2 fully saturated rings. The predicted octanol–water partition coefficient (Wildman–Crippen LogP) is 5.19. The van der Waals surface area contributed by atoms with Gasteiger partial charge in [-0.05, 0) is 74.2 Å². The number of amides is 2. The fourth-order valence-electron chi connectivity index (χ4n) is 5.49. The molecule has 1 N–H and O–H groups in total. The number of nitrogens with zero attached hydrogens (tertiary/aromatic N) is 2. The normalized spacial score (nSPS) is 16.6. The van der Waals surface area contributed by atoms with Crippen LogP contribution in [0.1, 0.15) is 57.5 Å². The molecule has 0 spiro atoms. The summed E-state index contributed by atoms with van der Waals surface area (Å²) in [6.45, 7) is -0.0947. The van der Waals surface area contributed by atoms with Gasteiger partial charge in [-0.2, -0.15) is 8.78 Å². The summed E-state index contributed by atoms with van der Waals surface area (Å²) in [6, 6.07) is 23.8. The van der Waals surface area contributed by atoms with Gasteiger partial charge in [-0.1, -0.05) is 42.2 Å². The summed E-state index contributed by atoms with van der Waals surface area (Å²) in [6.07, 6.45) is 3.37. The average Bonchev–Trinajstić information content (AvgIpc) is 3.01. The highest BCUT2D eigenvalue weighted by Gasteiger charge is 2.31. The van der Waals surface area contributed by atoms with E-state index in [-0.39, 0.29) is 29.2 Å². The Morgan fingerprint density at radius 1 is 0.780 bits per heavy atom. The minimum absolute atomic E-state index is 0.0751. The van der Waals surface area contributed by atoms with Crippen molar-refractivity contribution in [2.24, 2.45) is 0 Å². The molecule has 212 valence electrons. The van der Waals surface area contributed by atoms with E-state index < -0.39 is 6.61 Å². The van der Waals surface area contributed by atoms with Crippen molar-refractivity contribution in [2.75, 3.05) is 26.2 Å². The molecule has 3 aromatic carbocycles. The molecule has 0 atom stereocenters. The number of likely N-dealkylation sites (tertiary alicyclic amines) is 2. The number of para-hydroxylation sites is 1. The lowest BCUT2D eigenvalue weighted by Gasteiger charge is -2.42. The Hall–Kier alpha value is -4.22. The highest BCUT2D eigenvalue weighted by atomic mass is 19.3. The minimum Gasteiger partial charge on any atom is -0.434 e. The van der Waals surface area contributed by atoms with E-state index in [1.54, 1.807) is 17.0 Å². The molecule has 0 aromatic heterocycles. The number of benzene rings is 3. The molecule has 2 saturated heterocycles. The molecule has 0 saturated carbocycles. The zero-order chi connectivity index (χ0) is 28.6. The summed E-state index contributed by atoms with van der Waals surface area (Å²) in [7, 11) is 0. The van der Waals surface area contributed by atoms with Crippen molar-refractivity contribution in [1.29, 1.82) is 0 Å². The van der Waals surface area contributed by atoms with Crippen LogP contribution >= 0.6 is 0 Å². The molecular weight excluding hydrogens is 524 g/mol. The van der Waals surface area contributed by atoms with Crippen LogP contribution in [-0.2, 0) is 0 Å². The van der Waals surface area contributed by atoms with E-state index in [0.29, 0.717) is 24.7 Å². The van der Waals surface area contributed by atoms with Gasteiger partial charge in [0, 0.05) is 55.0 Å². The van der Waals surface area contributed by atoms with E-state index in [4.69, 9.17) is 0 Å². The van der Waals surface area contributed by atoms with E-state index in [0.717, 1.165) is 49.9 Å². The molecule has 6 nitrogen and oxygen atoms in total. The Morgan fingerprint density at radius 2 is 1.39 bits per heavy atom. The zero-order valence-corrected chi connectivity index (χ0v) is 22.8. The maximum atomic E-state index is 13.0. The summed E-state index contributed by atoms with van der Waals surface area (Å²) in [5.41, 5.74) is 2.59. The Balaban J connectivity index is 1.06. The second-order valence-electron chi connectivity index (χ2n) is 10.4. The summed E-state index contributed by atoms with van der Waals surface area (Å²) in [5, 5.41) is 3.18. The first-order valence-corrected chi connectivity index (χ1v) is 14.0. The second kappa shape index (κ2) is 13.4. The molecule has 2 heterocycles. The number of piperidine rings is 2. The number of nitrogens with one attached hydrogen (secondary N) is 1. The largest absolute Gasteiger partial charge is 0.434 e. The number of ether oxygens (including phenoxy) is 1. The Morgan fingerprint density at radius 3 is 2.05 bits per heavy atom. The number of carbonyl (C=O) groups excluding carboxylic acids is 2. The van der Waals surface area contributed by atoms with Crippen LogP contribution in [0, 0.1) is 11.8 Å². The Labute approximate surface area is 239 Å². The first-order chi connectivity index (χ1) is 20.0. The van der Waals surface area contributed by atoms with E-state index in [1.807, 2.05) is 54.6 Å². The fourth-order valence-corrected chi connectivity index (χ4v) is 5.49. The molecule has 0 aliphatic carbocycles. The summed E-state index contributed by atoms with van der Waals surface area (Å²) >= 11 is 0. The first kappa shape index (κ1) is 28.3. The standard InChI is InChI=1S/C33H33F2N3O3/c34-33(35)41-30-9-5-4-8-29(30)32(40)38-22-18-28(19-23-38)37-20-16-27(17-21-37)36-31(39)26-14-12-25(13-15-26)11-10-24-6-2-1-3-7-24/h1-9,12-15,27-28,33H,16-23H2,(H,36,39). The lowest BCUT2D eigenvalue weighted by atomic mass is 9.97. The smallest absolute Gasteiger partial charge is 0.387 e. The van der Waals surface area contributed by atoms with Crippen LogP contribution in [0.5, 0.6) is 5.75 Å². The van der Waals surface area contributed by atoms with Gasteiger partial charge in [0.1, 0.15) is 5.75 Å². The van der Waals surface area contributed by atoms with Crippen LogP contribution in [0.15, 0.2) is 78.9 Å². The maximum absolute atomic E-state index is 13.0. The van der Waals surface area contributed by atoms with Crippen LogP contribution in [0.2, 0.25) is 0 Å². The van der Waals surface area contributed by atoms with Crippen LogP contribution in [0.3, 0.4) is 0 Å². The summed E-state index contributed by atoms with van der Waals surface area (Å²) in [5.74, 6) is 5.81. The third kappa shape index (κ3) is 7.50. The SMILES string of the molecule is O=C(NC1CCN(C2CCN(C(=O)c3ccccc3OC(F)F)CC2)CC1)c1ccc(C#Cc2ccccc2)cc1. The van der Waals surface area contributed by atoms with Crippen LogP contribution in [0.4, 0.5) is 8.78 Å². The van der Waals surface area contributed by atoms with Gasteiger partial charge in [0.15, 0.2) is 0 Å². The number of rotatable bonds is 6. The number of halogens is 2.